The summed E-state index contributed by atoms with van der Waals surface area (Å²) in [5.41, 5.74) is 0.434. The van der Waals surface area contributed by atoms with Crippen LogP contribution in [0.15, 0.2) is 0 Å². The minimum Gasteiger partial charge on any atom is -0.376 e. The summed E-state index contributed by atoms with van der Waals surface area (Å²) in [4.78, 5) is 0. The van der Waals surface area contributed by atoms with E-state index in [-0.39, 0.29) is 5.60 Å². The lowest BCUT2D eigenvalue weighted by molar-refractivity contribution is -0.0358. The fourth-order valence-corrected chi connectivity index (χ4v) is 1.34. The zero-order valence-electron chi connectivity index (χ0n) is 11.8. The van der Waals surface area contributed by atoms with E-state index < -0.39 is 0 Å². The average molecular weight is 214 g/mol. The van der Waals surface area contributed by atoms with E-state index in [2.05, 4.69) is 48.5 Å². The number of hydrogen-bond acceptors (Lipinski definition) is 1. The Morgan fingerprint density at radius 1 is 0.933 bits per heavy atom. The van der Waals surface area contributed by atoms with E-state index in [1.165, 1.54) is 6.42 Å². The van der Waals surface area contributed by atoms with E-state index in [0.29, 0.717) is 5.41 Å². The van der Waals surface area contributed by atoms with Gasteiger partial charge in [0.15, 0.2) is 0 Å². The van der Waals surface area contributed by atoms with Crippen molar-refractivity contribution < 1.29 is 4.74 Å². The zero-order valence-corrected chi connectivity index (χ0v) is 11.8. The van der Waals surface area contributed by atoms with Crippen molar-refractivity contribution in [3.05, 3.63) is 0 Å². The lowest BCUT2D eigenvalue weighted by Crippen LogP contribution is -2.26. The fourth-order valence-electron chi connectivity index (χ4n) is 1.34. The highest BCUT2D eigenvalue weighted by molar-refractivity contribution is 4.70. The molecule has 15 heavy (non-hydrogen) atoms. The Morgan fingerprint density at radius 3 is 1.87 bits per heavy atom. The van der Waals surface area contributed by atoms with Gasteiger partial charge in [-0.25, -0.2) is 0 Å². The molecule has 0 saturated carbocycles. The first kappa shape index (κ1) is 15.0. The minimum atomic E-state index is 0.0511. The van der Waals surface area contributed by atoms with Crippen LogP contribution in [-0.4, -0.2) is 12.2 Å². The molecule has 0 aromatic heterocycles. The van der Waals surface area contributed by atoms with Gasteiger partial charge in [-0.2, -0.15) is 0 Å². The van der Waals surface area contributed by atoms with Gasteiger partial charge in [0.1, 0.15) is 0 Å². The minimum absolute atomic E-state index is 0.0511. The summed E-state index contributed by atoms with van der Waals surface area (Å²) in [6, 6.07) is 0. The van der Waals surface area contributed by atoms with Gasteiger partial charge in [-0.15, -0.1) is 0 Å². The molecule has 0 heterocycles. The van der Waals surface area contributed by atoms with Crippen molar-refractivity contribution in [2.45, 2.75) is 73.3 Å². The molecule has 92 valence electrons. The predicted molar refractivity (Wildman–Crippen MR) is 68.2 cm³/mol. The Hall–Kier alpha value is -0.0400. The van der Waals surface area contributed by atoms with E-state index in [9.17, 15) is 0 Å². The van der Waals surface area contributed by atoms with Gasteiger partial charge >= 0.3 is 0 Å². The van der Waals surface area contributed by atoms with Crippen LogP contribution >= 0.6 is 0 Å². The molecule has 0 bridgehead atoms. The maximum Gasteiger partial charge on any atom is 0.0626 e. The summed E-state index contributed by atoms with van der Waals surface area (Å²) in [7, 11) is 0. The van der Waals surface area contributed by atoms with Crippen LogP contribution in [0.25, 0.3) is 0 Å². The van der Waals surface area contributed by atoms with Crippen LogP contribution in [0.2, 0.25) is 0 Å². The summed E-state index contributed by atoms with van der Waals surface area (Å²) in [6.07, 6.45) is 3.55. The largest absolute Gasteiger partial charge is 0.376 e. The van der Waals surface area contributed by atoms with Crippen molar-refractivity contribution in [1.29, 1.82) is 0 Å². The van der Waals surface area contributed by atoms with Gasteiger partial charge in [-0.1, -0.05) is 34.6 Å². The molecular weight excluding hydrogens is 184 g/mol. The van der Waals surface area contributed by atoms with Crippen molar-refractivity contribution in [2.75, 3.05) is 6.61 Å². The molecule has 0 atom stereocenters. The second-order valence-electron chi connectivity index (χ2n) is 6.85. The highest BCUT2D eigenvalue weighted by Crippen LogP contribution is 2.23. The Kier molecular flexibility index (Phi) is 5.87. The number of ether oxygens (including phenoxy) is 1. The lowest BCUT2D eigenvalue weighted by Gasteiger charge is -2.28. The Bertz CT molecular complexity index is 163. The van der Waals surface area contributed by atoms with E-state index in [1.54, 1.807) is 0 Å². The van der Waals surface area contributed by atoms with Crippen LogP contribution in [0.1, 0.15) is 67.7 Å². The van der Waals surface area contributed by atoms with Crippen molar-refractivity contribution >= 4 is 0 Å². The molecule has 0 amide bonds. The number of hydrogen-bond donors (Lipinski definition) is 0. The molecule has 0 spiro atoms. The topological polar surface area (TPSA) is 9.23 Å². The SMILES string of the molecule is CC(C)CCC(C)(C)OCCC(C)(C)C. The summed E-state index contributed by atoms with van der Waals surface area (Å²) >= 11 is 0. The second-order valence-corrected chi connectivity index (χ2v) is 6.85. The van der Waals surface area contributed by atoms with Gasteiger partial charge in [0.2, 0.25) is 0 Å². The molecule has 0 fully saturated rings. The van der Waals surface area contributed by atoms with E-state index in [1.807, 2.05) is 0 Å². The third-order valence-corrected chi connectivity index (χ3v) is 2.67. The maximum atomic E-state index is 5.96. The Balaban J connectivity index is 3.74. The monoisotopic (exact) mass is 214 g/mol. The normalized spacial score (nSPS) is 13.6. The molecule has 0 N–H and O–H groups in total. The van der Waals surface area contributed by atoms with Crippen LogP contribution in [0.5, 0.6) is 0 Å². The molecule has 1 nitrogen and oxygen atoms in total. The van der Waals surface area contributed by atoms with Crippen molar-refractivity contribution in [1.82, 2.24) is 0 Å². The molecule has 0 aromatic carbocycles. The third kappa shape index (κ3) is 10.2. The second kappa shape index (κ2) is 5.89. The first-order valence-electron chi connectivity index (χ1n) is 6.26. The first-order chi connectivity index (χ1) is 6.62. The molecule has 0 unspecified atom stereocenters. The van der Waals surface area contributed by atoms with Crippen molar-refractivity contribution in [3.8, 4) is 0 Å². The summed E-state index contributed by atoms with van der Waals surface area (Å²) in [6.45, 7) is 16.6. The molecule has 0 aliphatic heterocycles. The molecule has 0 rings (SSSR count). The standard InChI is InChI=1S/C14H30O/c1-12(2)8-9-14(6,7)15-11-10-13(3,4)5/h12H,8-11H2,1-7H3. The highest BCUT2D eigenvalue weighted by Gasteiger charge is 2.20. The van der Waals surface area contributed by atoms with Gasteiger partial charge in [0.25, 0.3) is 0 Å². The Morgan fingerprint density at radius 2 is 1.47 bits per heavy atom. The van der Waals surface area contributed by atoms with E-state index in [4.69, 9.17) is 4.74 Å². The van der Waals surface area contributed by atoms with Crippen LogP contribution < -0.4 is 0 Å². The highest BCUT2D eigenvalue weighted by atomic mass is 16.5. The van der Waals surface area contributed by atoms with Crippen LogP contribution in [0.3, 0.4) is 0 Å². The molecule has 0 saturated heterocycles. The first-order valence-corrected chi connectivity index (χ1v) is 6.26. The molecule has 0 aromatic rings. The molecule has 0 aliphatic rings. The fraction of sp³-hybridized carbons (Fsp3) is 1.00. The Labute approximate surface area is 96.6 Å². The number of rotatable bonds is 6. The lowest BCUT2D eigenvalue weighted by atomic mass is 9.92. The van der Waals surface area contributed by atoms with Gasteiger partial charge in [0.05, 0.1) is 5.60 Å². The van der Waals surface area contributed by atoms with Gasteiger partial charge in [-0.05, 0) is 44.4 Å². The van der Waals surface area contributed by atoms with E-state index in [0.717, 1.165) is 25.4 Å². The average Bonchev–Trinajstić information content (AvgIpc) is 1.98. The van der Waals surface area contributed by atoms with Gasteiger partial charge < -0.3 is 4.74 Å². The maximum absolute atomic E-state index is 5.96. The van der Waals surface area contributed by atoms with Gasteiger partial charge in [0, 0.05) is 6.61 Å². The molecular formula is C14H30O. The molecule has 1 heteroatoms. The van der Waals surface area contributed by atoms with Crippen LogP contribution in [0.4, 0.5) is 0 Å². The summed E-state index contributed by atoms with van der Waals surface area (Å²) < 4.78 is 5.96. The molecule has 0 aliphatic carbocycles. The third-order valence-electron chi connectivity index (χ3n) is 2.67. The van der Waals surface area contributed by atoms with Gasteiger partial charge in [-0.3, -0.25) is 0 Å². The van der Waals surface area contributed by atoms with E-state index >= 15 is 0 Å². The predicted octanol–water partition coefficient (Wildman–Crippen LogP) is 4.65. The van der Waals surface area contributed by atoms with Crippen molar-refractivity contribution in [2.24, 2.45) is 11.3 Å². The quantitative estimate of drug-likeness (QED) is 0.625. The van der Waals surface area contributed by atoms with Crippen LogP contribution in [0, 0.1) is 11.3 Å². The van der Waals surface area contributed by atoms with Crippen LogP contribution in [-0.2, 0) is 4.74 Å². The smallest absolute Gasteiger partial charge is 0.0626 e. The zero-order chi connectivity index (χ0) is 12.1. The summed E-state index contributed by atoms with van der Waals surface area (Å²) in [5.74, 6) is 0.774. The van der Waals surface area contributed by atoms with Crippen molar-refractivity contribution in [3.63, 3.8) is 0 Å². The summed E-state index contributed by atoms with van der Waals surface area (Å²) in [5, 5.41) is 0. The molecule has 0 radical (unpaired) electrons.